The Hall–Kier alpha value is -1.43. The number of nitriles is 1. The Morgan fingerprint density at radius 3 is 2.83 bits per heavy atom. The van der Waals surface area contributed by atoms with Gasteiger partial charge in [0.15, 0.2) is 0 Å². The first-order chi connectivity index (χ1) is 8.46. The van der Waals surface area contributed by atoms with E-state index < -0.39 is 22.0 Å². The first-order valence-electron chi connectivity index (χ1n) is 5.28. The average molecular weight is 285 g/mol. The van der Waals surface area contributed by atoms with Gasteiger partial charge in [-0.3, -0.25) is 4.79 Å². The number of thiophene rings is 1. The molecule has 1 saturated heterocycles. The van der Waals surface area contributed by atoms with Crippen molar-refractivity contribution < 1.29 is 13.2 Å². The highest BCUT2D eigenvalue weighted by Crippen LogP contribution is 2.29. The van der Waals surface area contributed by atoms with Crippen LogP contribution in [0.4, 0.5) is 0 Å². The Balaban J connectivity index is 2.37. The molecule has 2 rings (SSSR count). The van der Waals surface area contributed by atoms with Crippen molar-refractivity contribution in [2.75, 3.05) is 6.54 Å². The van der Waals surface area contributed by atoms with Crippen LogP contribution in [0.15, 0.2) is 16.3 Å². The molecule has 1 aliphatic rings. The molecule has 0 bridgehead atoms. The third kappa shape index (κ3) is 2.12. The third-order valence-corrected chi connectivity index (χ3v) is 6.15. The molecule has 1 atom stereocenters. The molecule has 1 aromatic rings. The summed E-state index contributed by atoms with van der Waals surface area (Å²) in [4.78, 5) is 11.5. The summed E-state index contributed by atoms with van der Waals surface area (Å²) in [5.41, 5.74) is 5.20. The van der Waals surface area contributed by atoms with Gasteiger partial charge in [-0.15, -0.1) is 11.3 Å². The van der Waals surface area contributed by atoms with Gasteiger partial charge in [-0.1, -0.05) is 0 Å². The first-order valence-corrected chi connectivity index (χ1v) is 7.53. The normalized spacial score (nSPS) is 20.7. The van der Waals surface area contributed by atoms with Gasteiger partial charge in [0.25, 0.3) is 10.0 Å². The number of nitrogens with two attached hydrogens (primary N) is 1. The fourth-order valence-corrected chi connectivity index (χ4v) is 4.84. The second-order valence-corrected chi connectivity index (χ2v) is 7.11. The van der Waals surface area contributed by atoms with E-state index in [-0.39, 0.29) is 10.8 Å². The molecule has 0 aliphatic carbocycles. The highest BCUT2D eigenvalue weighted by molar-refractivity contribution is 7.91. The summed E-state index contributed by atoms with van der Waals surface area (Å²) >= 11 is 0.898. The number of primary amides is 1. The Kier molecular flexibility index (Phi) is 3.38. The van der Waals surface area contributed by atoms with Crippen LogP contribution < -0.4 is 5.73 Å². The van der Waals surface area contributed by atoms with Crippen molar-refractivity contribution in [3.63, 3.8) is 0 Å². The molecule has 2 heterocycles. The van der Waals surface area contributed by atoms with Gasteiger partial charge in [0.2, 0.25) is 5.91 Å². The summed E-state index contributed by atoms with van der Waals surface area (Å²) < 4.78 is 25.8. The van der Waals surface area contributed by atoms with E-state index in [1.54, 1.807) is 0 Å². The summed E-state index contributed by atoms with van der Waals surface area (Å²) in [6.45, 7) is 0.287. The van der Waals surface area contributed by atoms with Crippen LogP contribution in [0.3, 0.4) is 0 Å². The van der Waals surface area contributed by atoms with Crippen molar-refractivity contribution in [3.05, 3.63) is 17.0 Å². The zero-order valence-electron chi connectivity index (χ0n) is 9.37. The molecule has 6 nitrogen and oxygen atoms in total. The predicted molar refractivity (Wildman–Crippen MR) is 65.1 cm³/mol. The highest BCUT2D eigenvalue weighted by Gasteiger charge is 2.39. The highest BCUT2D eigenvalue weighted by atomic mass is 32.2. The lowest BCUT2D eigenvalue weighted by atomic mass is 10.2. The van der Waals surface area contributed by atoms with E-state index in [0.717, 1.165) is 15.6 Å². The third-order valence-electron chi connectivity index (χ3n) is 2.79. The molecule has 1 unspecified atom stereocenters. The number of carbonyl (C=O) groups excluding carboxylic acids is 1. The molecule has 1 aliphatic heterocycles. The maximum atomic E-state index is 12.3. The summed E-state index contributed by atoms with van der Waals surface area (Å²) in [7, 11) is -3.72. The van der Waals surface area contributed by atoms with Gasteiger partial charge in [-0.05, 0) is 25.0 Å². The quantitative estimate of drug-likeness (QED) is 0.859. The fourth-order valence-electron chi connectivity index (χ4n) is 1.95. The zero-order chi connectivity index (χ0) is 13.3. The van der Waals surface area contributed by atoms with E-state index in [0.29, 0.717) is 17.7 Å². The number of sulfonamides is 1. The summed E-state index contributed by atoms with van der Waals surface area (Å²) in [5, 5.41) is 8.70. The standard InChI is InChI=1S/C10H11N3O3S2/c11-6-7-3-4-9(17-7)18(15,16)13-5-1-2-8(13)10(12)14/h3-4,8H,1-2,5H2,(H2,12,14). The van der Waals surface area contributed by atoms with Gasteiger partial charge in [-0.2, -0.15) is 9.57 Å². The topological polar surface area (TPSA) is 104 Å². The minimum atomic E-state index is -3.72. The average Bonchev–Trinajstić information content (AvgIpc) is 2.98. The van der Waals surface area contributed by atoms with E-state index in [9.17, 15) is 13.2 Å². The maximum absolute atomic E-state index is 12.3. The summed E-state index contributed by atoms with van der Waals surface area (Å²) in [6.07, 6.45) is 1.06. The van der Waals surface area contributed by atoms with E-state index >= 15 is 0 Å². The Bertz CT molecular complexity index is 615. The van der Waals surface area contributed by atoms with Gasteiger partial charge >= 0.3 is 0 Å². The van der Waals surface area contributed by atoms with Crippen molar-refractivity contribution in [2.24, 2.45) is 5.73 Å². The molecule has 0 saturated carbocycles. The van der Waals surface area contributed by atoms with Gasteiger partial charge in [-0.25, -0.2) is 8.42 Å². The number of hydrogen-bond donors (Lipinski definition) is 1. The minimum absolute atomic E-state index is 0.0761. The summed E-state index contributed by atoms with van der Waals surface area (Å²) in [5.74, 6) is -0.631. The SMILES string of the molecule is N#Cc1ccc(S(=O)(=O)N2CCCC2C(N)=O)s1. The van der Waals surface area contributed by atoms with Crippen molar-refractivity contribution in [1.82, 2.24) is 4.31 Å². The molecular weight excluding hydrogens is 274 g/mol. The van der Waals surface area contributed by atoms with Crippen molar-refractivity contribution >= 4 is 27.3 Å². The molecule has 0 radical (unpaired) electrons. The number of nitrogens with zero attached hydrogens (tertiary/aromatic N) is 2. The van der Waals surface area contributed by atoms with Crippen LogP contribution in [-0.4, -0.2) is 31.2 Å². The van der Waals surface area contributed by atoms with Crippen molar-refractivity contribution in [2.45, 2.75) is 23.1 Å². The molecule has 18 heavy (non-hydrogen) atoms. The minimum Gasteiger partial charge on any atom is -0.368 e. The van der Waals surface area contributed by atoms with Crippen LogP contribution in [-0.2, 0) is 14.8 Å². The van der Waals surface area contributed by atoms with Gasteiger partial charge in [0, 0.05) is 6.54 Å². The summed E-state index contributed by atoms with van der Waals surface area (Å²) in [6, 6.07) is 3.95. The molecule has 1 fully saturated rings. The second-order valence-electron chi connectivity index (χ2n) is 3.91. The van der Waals surface area contributed by atoms with Gasteiger partial charge in [0.05, 0.1) is 0 Å². The van der Waals surface area contributed by atoms with Crippen LogP contribution in [0, 0.1) is 11.3 Å². The molecule has 0 spiro atoms. The molecule has 1 aromatic heterocycles. The van der Waals surface area contributed by atoms with E-state index in [4.69, 9.17) is 11.0 Å². The molecule has 2 N–H and O–H groups in total. The Morgan fingerprint density at radius 2 is 2.28 bits per heavy atom. The Morgan fingerprint density at radius 1 is 1.56 bits per heavy atom. The lowest BCUT2D eigenvalue weighted by molar-refractivity contribution is -0.121. The van der Waals surface area contributed by atoms with Crippen LogP contribution in [0.1, 0.15) is 17.7 Å². The van der Waals surface area contributed by atoms with E-state index in [1.807, 2.05) is 6.07 Å². The van der Waals surface area contributed by atoms with Crippen LogP contribution in [0.2, 0.25) is 0 Å². The van der Waals surface area contributed by atoms with E-state index in [1.165, 1.54) is 12.1 Å². The molecule has 1 amide bonds. The van der Waals surface area contributed by atoms with Crippen LogP contribution in [0.25, 0.3) is 0 Å². The van der Waals surface area contributed by atoms with Crippen LogP contribution >= 0.6 is 11.3 Å². The smallest absolute Gasteiger partial charge is 0.253 e. The predicted octanol–water partition coefficient (Wildman–Crippen LogP) is 0.258. The molecular formula is C10H11N3O3S2. The van der Waals surface area contributed by atoms with Gasteiger partial charge < -0.3 is 5.73 Å². The molecule has 0 aromatic carbocycles. The largest absolute Gasteiger partial charge is 0.368 e. The molecule has 8 heteroatoms. The van der Waals surface area contributed by atoms with Crippen molar-refractivity contribution in [3.8, 4) is 6.07 Å². The maximum Gasteiger partial charge on any atom is 0.253 e. The second kappa shape index (κ2) is 4.68. The number of hydrogen-bond acceptors (Lipinski definition) is 5. The zero-order valence-corrected chi connectivity index (χ0v) is 11.0. The lowest BCUT2D eigenvalue weighted by Crippen LogP contribution is -2.43. The lowest BCUT2D eigenvalue weighted by Gasteiger charge is -2.20. The number of rotatable bonds is 3. The van der Waals surface area contributed by atoms with Crippen LogP contribution in [0.5, 0.6) is 0 Å². The fraction of sp³-hybridized carbons (Fsp3) is 0.400. The number of carbonyl (C=O) groups is 1. The number of amides is 1. The van der Waals surface area contributed by atoms with E-state index in [2.05, 4.69) is 0 Å². The van der Waals surface area contributed by atoms with Gasteiger partial charge in [0.1, 0.15) is 21.2 Å². The monoisotopic (exact) mass is 285 g/mol. The van der Waals surface area contributed by atoms with Crippen molar-refractivity contribution in [1.29, 1.82) is 5.26 Å². The Labute approximate surface area is 109 Å². The first kappa shape index (κ1) is 13.0. The molecule has 96 valence electrons.